The van der Waals surface area contributed by atoms with Gasteiger partial charge < -0.3 is 19.5 Å². The zero-order chi connectivity index (χ0) is 49.8. The van der Waals surface area contributed by atoms with Gasteiger partial charge >= 0.3 is 0 Å². The Morgan fingerprint density at radius 2 is 1.31 bits per heavy atom. The van der Waals surface area contributed by atoms with E-state index in [1.165, 1.54) is 28.7 Å². The first-order valence-corrected chi connectivity index (χ1v) is 27.3. The summed E-state index contributed by atoms with van der Waals surface area (Å²) in [5.74, 6) is 1.48. The van der Waals surface area contributed by atoms with Crippen molar-refractivity contribution in [3.8, 4) is 17.2 Å². The zero-order valence-corrected chi connectivity index (χ0v) is 42.2. The van der Waals surface area contributed by atoms with E-state index in [1.807, 2.05) is 90.8 Å². The molecule has 5 aromatic carbocycles. The van der Waals surface area contributed by atoms with Crippen LogP contribution in [0.5, 0.6) is 17.2 Å². The van der Waals surface area contributed by atoms with Crippen LogP contribution in [0.25, 0.3) is 0 Å². The van der Waals surface area contributed by atoms with Crippen molar-refractivity contribution >= 4 is 96.1 Å². The van der Waals surface area contributed by atoms with Gasteiger partial charge in [-0.25, -0.2) is 0 Å². The SMILES string of the molecule is CCC(=O)C(CCSSCCCC(=O)Nc1cc(COc2cc3c(cc2C)C(=O)N2c4ccccc4C[C@H]2C=N3)cc(COc2cc3c(cc2OC)C(=O)N2c4ccccc4C[C@H]2C=N3)c1)S(=O)(=O)OC. The van der Waals surface area contributed by atoms with E-state index >= 15 is 0 Å². The zero-order valence-electron chi connectivity index (χ0n) is 39.7. The summed E-state index contributed by atoms with van der Waals surface area (Å²) in [6, 6.07) is 28.0. The monoisotopic (exact) mass is 1020 g/mol. The Bertz CT molecular complexity index is 3090. The number of aryl methyl sites for hydroxylation is 1. The highest BCUT2D eigenvalue weighted by atomic mass is 33.1. The van der Waals surface area contributed by atoms with Crippen molar-refractivity contribution in [3.05, 3.63) is 130 Å². The second-order valence-corrected chi connectivity index (χ2v) is 22.1. The molecular formula is C53H53N5O10S3. The molecule has 0 aliphatic carbocycles. The number of hydrogen-bond donors (Lipinski definition) is 1. The van der Waals surface area contributed by atoms with E-state index in [2.05, 4.69) is 9.50 Å². The summed E-state index contributed by atoms with van der Waals surface area (Å²) in [6.45, 7) is 3.69. The number of ether oxygens (including phenoxy) is 3. The van der Waals surface area contributed by atoms with Gasteiger partial charge in [0.25, 0.3) is 21.9 Å². The topological polar surface area (TPSA) is 183 Å². The number of anilines is 3. The molecule has 0 saturated heterocycles. The highest BCUT2D eigenvalue weighted by Crippen LogP contribution is 2.42. The maximum absolute atomic E-state index is 14.0. The Kier molecular flexibility index (Phi) is 15.0. The van der Waals surface area contributed by atoms with Crippen LogP contribution in [0.1, 0.15) is 81.1 Å². The minimum absolute atomic E-state index is 0.0609. The molecule has 1 unspecified atom stereocenters. The van der Waals surface area contributed by atoms with Gasteiger partial charge in [0.15, 0.2) is 17.3 Å². The number of rotatable bonds is 20. The Labute approximate surface area is 420 Å². The maximum Gasteiger partial charge on any atom is 0.277 e. The van der Waals surface area contributed by atoms with Crippen LogP contribution < -0.4 is 29.3 Å². The van der Waals surface area contributed by atoms with Crippen LogP contribution >= 0.6 is 21.6 Å². The van der Waals surface area contributed by atoms with Gasteiger partial charge in [-0.05, 0) is 90.0 Å². The maximum atomic E-state index is 14.0. The smallest absolute Gasteiger partial charge is 0.277 e. The minimum atomic E-state index is -3.97. The van der Waals surface area contributed by atoms with Gasteiger partial charge in [-0.15, -0.1) is 0 Å². The predicted molar refractivity (Wildman–Crippen MR) is 279 cm³/mol. The average Bonchev–Trinajstić information content (AvgIpc) is 3.86. The summed E-state index contributed by atoms with van der Waals surface area (Å²) < 4.78 is 47.8. The molecule has 5 aromatic rings. The van der Waals surface area contributed by atoms with Gasteiger partial charge in [-0.3, -0.25) is 43.1 Å². The van der Waals surface area contributed by atoms with E-state index in [9.17, 15) is 27.6 Å². The van der Waals surface area contributed by atoms with Gasteiger partial charge in [0, 0.05) is 78.8 Å². The predicted octanol–water partition coefficient (Wildman–Crippen LogP) is 9.55. The fourth-order valence-electron chi connectivity index (χ4n) is 9.31. The van der Waals surface area contributed by atoms with Crippen molar-refractivity contribution in [2.45, 2.75) is 82.9 Å². The summed E-state index contributed by atoms with van der Waals surface area (Å²) in [6.07, 6.45) is 6.01. The standard InChI is InChI=1S/C53H53N5O10S3/c1-5-46(59)50(71(63,64)66-4)16-18-70-69-17-10-15-51(60)56-37-21-33(30-67-47-26-42-40(19-32(47)2)52(61)57-38(28-54-42)23-35-11-6-8-13-44(35)57)20-34(22-37)31-68-49-27-43-41(25-48(49)65-3)53(62)58-39(29-55-43)24-36-12-7-9-14-45(36)58/h6-9,11-14,19-22,25-29,38-39,50H,5,10,15-18,23-24,30-31H2,1-4H3,(H,56,60)/t38-,39-,50?/m0/s1. The molecule has 4 aliphatic heterocycles. The van der Waals surface area contributed by atoms with Gasteiger partial charge in [-0.1, -0.05) is 64.9 Å². The van der Waals surface area contributed by atoms with Crippen LogP contribution in [0, 0.1) is 6.92 Å². The molecule has 3 amide bonds. The molecule has 0 saturated carbocycles. The lowest BCUT2D eigenvalue weighted by atomic mass is 10.1. The van der Waals surface area contributed by atoms with E-state index < -0.39 is 15.4 Å². The third-order valence-corrected chi connectivity index (χ3v) is 17.0. The third-order valence-electron chi connectivity index (χ3n) is 12.9. The summed E-state index contributed by atoms with van der Waals surface area (Å²) in [4.78, 5) is 66.8. The molecule has 0 spiro atoms. The van der Waals surface area contributed by atoms with E-state index in [4.69, 9.17) is 24.2 Å². The molecule has 0 aromatic heterocycles. The molecule has 3 atom stereocenters. The number of aliphatic imine (C=N–C) groups is 2. The lowest BCUT2D eigenvalue weighted by Crippen LogP contribution is -2.37. The molecule has 18 heteroatoms. The molecule has 0 radical (unpaired) electrons. The van der Waals surface area contributed by atoms with Crippen LogP contribution in [0.3, 0.4) is 0 Å². The van der Waals surface area contributed by atoms with Crippen LogP contribution in [0.15, 0.2) is 101 Å². The number of nitrogens with zero attached hydrogens (tertiary/aromatic N) is 4. The number of benzene rings is 5. The molecule has 368 valence electrons. The summed E-state index contributed by atoms with van der Waals surface area (Å²) >= 11 is 0. The van der Waals surface area contributed by atoms with Gasteiger partial charge in [0.05, 0.1) is 48.8 Å². The molecule has 0 fully saturated rings. The second-order valence-electron chi connectivity index (χ2n) is 17.5. The number of amides is 3. The number of carbonyl (C=O) groups excluding carboxylic acids is 4. The largest absolute Gasteiger partial charge is 0.493 e. The fourth-order valence-corrected chi connectivity index (χ4v) is 12.8. The molecule has 4 aliphatic rings. The molecular weight excluding hydrogens is 963 g/mol. The number of fused-ring (bicyclic) bond motifs is 8. The molecule has 9 rings (SSSR count). The first kappa shape index (κ1) is 49.5. The lowest BCUT2D eigenvalue weighted by molar-refractivity contribution is -0.118. The summed E-state index contributed by atoms with van der Waals surface area (Å²) in [7, 11) is 1.57. The number of para-hydroxylation sites is 2. The van der Waals surface area contributed by atoms with E-state index in [0.717, 1.165) is 40.7 Å². The lowest BCUT2D eigenvalue weighted by Gasteiger charge is -2.22. The highest BCUT2D eigenvalue weighted by Gasteiger charge is 2.38. The average molecular weight is 1020 g/mol. The summed E-state index contributed by atoms with van der Waals surface area (Å²) in [5, 5.41) is 1.84. The van der Waals surface area contributed by atoms with E-state index in [0.29, 0.717) is 81.8 Å². The molecule has 0 bridgehead atoms. The fraction of sp³-hybridized carbons (Fsp3) is 0.321. The molecule has 15 nitrogen and oxygen atoms in total. The van der Waals surface area contributed by atoms with Crippen molar-refractivity contribution < 1.29 is 46.0 Å². The molecule has 4 heterocycles. The van der Waals surface area contributed by atoms with Crippen LogP contribution in [0.2, 0.25) is 0 Å². The first-order chi connectivity index (χ1) is 34.3. The van der Waals surface area contributed by atoms with Gasteiger partial charge in [-0.2, -0.15) is 8.42 Å². The number of carbonyl (C=O) groups is 4. The number of hydrogen-bond acceptors (Lipinski definition) is 14. The normalized spacial score (nSPS) is 16.7. The molecule has 1 N–H and O–H groups in total. The number of ketones is 1. The number of nitrogens with one attached hydrogen (secondary N) is 1. The number of methoxy groups -OCH3 is 1. The van der Waals surface area contributed by atoms with Crippen molar-refractivity contribution in [1.29, 1.82) is 0 Å². The van der Waals surface area contributed by atoms with Gasteiger partial charge in [0.1, 0.15) is 24.2 Å². The summed E-state index contributed by atoms with van der Waals surface area (Å²) in [5.41, 5.74) is 8.58. The van der Waals surface area contributed by atoms with Crippen molar-refractivity contribution in [2.75, 3.05) is 40.8 Å². The Hall–Kier alpha value is -6.47. The van der Waals surface area contributed by atoms with E-state index in [-0.39, 0.29) is 68.1 Å². The van der Waals surface area contributed by atoms with Crippen molar-refractivity contribution in [3.63, 3.8) is 0 Å². The molecule has 71 heavy (non-hydrogen) atoms. The minimum Gasteiger partial charge on any atom is -0.493 e. The van der Waals surface area contributed by atoms with Crippen LogP contribution in [-0.2, 0) is 49.9 Å². The van der Waals surface area contributed by atoms with E-state index in [1.54, 1.807) is 36.2 Å². The Morgan fingerprint density at radius 3 is 1.90 bits per heavy atom. The first-order valence-electron chi connectivity index (χ1n) is 23.4. The quantitative estimate of drug-likeness (QED) is 0.0444. The van der Waals surface area contributed by atoms with Crippen LogP contribution in [0.4, 0.5) is 28.4 Å². The van der Waals surface area contributed by atoms with Gasteiger partial charge in [0.2, 0.25) is 5.91 Å². The third kappa shape index (κ3) is 10.6. The Balaban J connectivity index is 0.898. The highest BCUT2D eigenvalue weighted by molar-refractivity contribution is 8.76. The number of Topliss-reactive ketones (excluding diaryl/α,β-unsaturated/α-hetero) is 1. The van der Waals surface area contributed by atoms with Crippen molar-refractivity contribution in [1.82, 2.24) is 0 Å². The second kappa shape index (κ2) is 21.5. The Morgan fingerprint density at radius 1 is 0.746 bits per heavy atom. The van der Waals surface area contributed by atoms with Crippen molar-refractivity contribution in [2.24, 2.45) is 9.98 Å². The van der Waals surface area contributed by atoms with Crippen LogP contribution in [-0.4, -0.2) is 87.4 Å².